The van der Waals surface area contributed by atoms with Gasteiger partial charge in [0.25, 0.3) is 5.56 Å². The number of aromatic nitrogens is 3. The van der Waals surface area contributed by atoms with E-state index in [4.69, 9.17) is 4.74 Å². The van der Waals surface area contributed by atoms with E-state index in [-0.39, 0.29) is 24.3 Å². The highest BCUT2D eigenvalue weighted by Crippen LogP contribution is 2.37. The SMILES string of the molecule is CCOC(=O)c1cc(-c2ccccc2)sc1NC(=O)Cn1nnc2sc3c(c2c1=O)CCC(C)C3. The van der Waals surface area contributed by atoms with Gasteiger partial charge < -0.3 is 10.1 Å². The van der Waals surface area contributed by atoms with Crippen LogP contribution < -0.4 is 10.9 Å². The fourth-order valence-corrected chi connectivity index (χ4v) is 6.67. The van der Waals surface area contributed by atoms with Crippen molar-refractivity contribution in [3.63, 3.8) is 0 Å². The van der Waals surface area contributed by atoms with Crippen molar-refractivity contribution >= 4 is 49.8 Å². The van der Waals surface area contributed by atoms with Gasteiger partial charge in [0.2, 0.25) is 5.91 Å². The van der Waals surface area contributed by atoms with E-state index in [0.717, 1.165) is 39.9 Å². The molecule has 0 radical (unpaired) electrons. The van der Waals surface area contributed by atoms with E-state index >= 15 is 0 Å². The summed E-state index contributed by atoms with van der Waals surface area (Å²) in [5, 5.41) is 12.0. The minimum absolute atomic E-state index is 0.220. The van der Waals surface area contributed by atoms with Gasteiger partial charge in [-0.05, 0) is 49.3 Å². The number of aryl methyl sites for hydroxylation is 1. The summed E-state index contributed by atoms with van der Waals surface area (Å²) in [6, 6.07) is 11.3. The second-order valence-electron chi connectivity index (χ2n) is 8.57. The number of esters is 1. The first-order valence-electron chi connectivity index (χ1n) is 11.5. The molecular weight excluding hydrogens is 484 g/mol. The van der Waals surface area contributed by atoms with Crippen LogP contribution in [0.2, 0.25) is 0 Å². The molecule has 1 aliphatic rings. The highest BCUT2D eigenvalue weighted by molar-refractivity contribution is 7.20. The number of carbonyl (C=O) groups excluding carboxylic acids is 2. The number of thiophene rings is 2. The number of carbonyl (C=O) groups is 2. The molecule has 8 nitrogen and oxygen atoms in total. The highest BCUT2D eigenvalue weighted by Gasteiger charge is 2.25. The number of ether oxygens (including phenoxy) is 1. The van der Waals surface area contributed by atoms with Crippen molar-refractivity contribution in [2.45, 2.75) is 39.7 Å². The Bertz CT molecular complexity index is 1470. The number of anilines is 1. The molecule has 180 valence electrons. The van der Waals surface area contributed by atoms with Crippen LogP contribution in [0.3, 0.4) is 0 Å². The number of hydrogen-bond donors (Lipinski definition) is 1. The van der Waals surface area contributed by atoms with Crippen LogP contribution in [-0.2, 0) is 28.9 Å². The van der Waals surface area contributed by atoms with Crippen LogP contribution in [0.15, 0.2) is 41.2 Å². The Labute approximate surface area is 209 Å². The Morgan fingerprint density at radius 2 is 2.03 bits per heavy atom. The molecule has 0 spiro atoms. The molecule has 1 aliphatic carbocycles. The monoisotopic (exact) mass is 508 g/mol. The van der Waals surface area contributed by atoms with Crippen molar-refractivity contribution in [3.8, 4) is 10.4 Å². The molecule has 35 heavy (non-hydrogen) atoms. The number of nitrogens with zero attached hydrogens (tertiary/aromatic N) is 3. The second-order valence-corrected chi connectivity index (χ2v) is 10.7. The maximum atomic E-state index is 13.2. The van der Waals surface area contributed by atoms with Crippen LogP contribution in [0.5, 0.6) is 0 Å². The van der Waals surface area contributed by atoms with Gasteiger partial charge in [0.1, 0.15) is 11.5 Å². The first kappa shape index (κ1) is 23.4. The lowest BCUT2D eigenvalue weighted by Gasteiger charge is -2.17. The Hall–Kier alpha value is -3.37. The normalized spacial score (nSPS) is 15.1. The van der Waals surface area contributed by atoms with Crippen molar-refractivity contribution in [2.75, 3.05) is 11.9 Å². The summed E-state index contributed by atoms with van der Waals surface area (Å²) < 4.78 is 6.27. The minimum Gasteiger partial charge on any atom is -0.462 e. The van der Waals surface area contributed by atoms with Gasteiger partial charge in [-0.2, -0.15) is 0 Å². The lowest BCUT2D eigenvalue weighted by molar-refractivity contribution is -0.117. The third-order valence-corrected chi connectivity index (χ3v) is 8.26. The first-order chi connectivity index (χ1) is 16.9. The molecule has 0 bridgehead atoms. The van der Waals surface area contributed by atoms with Gasteiger partial charge in [-0.1, -0.05) is 42.5 Å². The molecule has 1 unspecified atom stereocenters. The van der Waals surface area contributed by atoms with E-state index in [0.29, 0.717) is 21.1 Å². The van der Waals surface area contributed by atoms with Gasteiger partial charge in [0, 0.05) is 9.75 Å². The Morgan fingerprint density at radius 1 is 1.23 bits per heavy atom. The second kappa shape index (κ2) is 9.71. The van der Waals surface area contributed by atoms with Crippen molar-refractivity contribution < 1.29 is 14.3 Å². The zero-order chi connectivity index (χ0) is 24.5. The summed E-state index contributed by atoms with van der Waals surface area (Å²) in [5.41, 5.74) is 1.94. The summed E-state index contributed by atoms with van der Waals surface area (Å²) in [5.74, 6) is -0.402. The lowest BCUT2D eigenvalue weighted by Crippen LogP contribution is -2.30. The molecule has 1 aromatic carbocycles. The standard InChI is InChI=1S/C25H24N4O4S2/c1-3-33-25(32)17-12-18(15-7-5-4-6-8-15)34-22(17)26-20(30)13-29-24(31)21-16-10-9-14(2)11-19(16)35-23(21)27-28-29/h4-8,12,14H,3,9-11,13H2,1-2H3,(H,26,30). The maximum absolute atomic E-state index is 13.2. The van der Waals surface area contributed by atoms with Crippen LogP contribution in [-0.4, -0.2) is 33.5 Å². The van der Waals surface area contributed by atoms with E-state index in [1.165, 1.54) is 27.6 Å². The maximum Gasteiger partial charge on any atom is 0.341 e. The lowest BCUT2D eigenvalue weighted by atomic mass is 9.89. The number of amides is 1. The number of hydrogen-bond acceptors (Lipinski definition) is 8. The van der Waals surface area contributed by atoms with Crippen molar-refractivity contribution in [2.24, 2.45) is 5.92 Å². The zero-order valence-corrected chi connectivity index (χ0v) is 21.0. The van der Waals surface area contributed by atoms with Crippen molar-refractivity contribution in [1.82, 2.24) is 15.0 Å². The molecule has 0 saturated carbocycles. The van der Waals surface area contributed by atoms with Crippen LogP contribution in [0.1, 0.15) is 41.1 Å². The van der Waals surface area contributed by atoms with Gasteiger partial charge >= 0.3 is 5.97 Å². The number of rotatable bonds is 6. The topological polar surface area (TPSA) is 103 Å². The number of nitrogens with one attached hydrogen (secondary N) is 1. The molecule has 4 aromatic rings. The molecule has 5 rings (SSSR count). The Morgan fingerprint density at radius 3 is 2.80 bits per heavy atom. The van der Waals surface area contributed by atoms with Crippen molar-refractivity contribution in [3.05, 3.63) is 62.8 Å². The third-order valence-electron chi connectivity index (χ3n) is 6.02. The van der Waals surface area contributed by atoms with E-state index < -0.39 is 11.9 Å². The predicted octanol–water partition coefficient (Wildman–Crippen LogP) is 4.52. The van der Waals surface area contributed by atoms with E-state index in [1.54, 1.807) is 13.0 Å². The van der Waals surface area contributed by atoms with Crippen molar-refractivity contribution in [1.29, 1.82) is 0 Å². The largest absolute Gasteiger partial charge is 0.462 e. The first-order valence-corrected chi connectivity index (χ1v) is 13.1. The number of fused-ring (bicyclic) bond motifs is 3. The average molecular weight is 509 g/mol. The van der Waals surface area contributed by atoms with Crippen LogP contribution in [0.4, 0.5) is 5.00 Å². The molecule has 1 amide bonds. The third kappa shape index (κ3) is 4.63. The minimum atomic E-state index is -0.515. The molecule has 3 heterocycles. The van der Waals surface area contributed by atoms with Crippen LogP contribution in [0.25, 0.3) is 20.7 Å². The van der Waals surface area contributed by atoms with Gasteiger partial charge in [-0.15, -0.1) is 27.8 Å². The molecule has 0 saturated heterocycles. The fraction of sp³-hybridized carbons (Fsp3) is 0.320. The molecule has 1 N–H and O–H groups in total. The van der Waals surface area contributed by atoms with Gasteiger partial charge in [-0.3, -0.25) is 9.59 Å². The van der Waals surface area contributed by atoms with Gasteiger partial charge in [0.05, 0.1) is 17.6 Å². The molecule has 10 heteroatoms. The summed E-state index contributed by atoms with van der Waals surface area (Å²) in [6.45, 7) is 3.85. The Balaban J connectivity index is 1.42. The van der Waals surface area contributed by atoms with E-state index in [2.05, 4.69) is 22.6 Å². The molecule has 0 fully saturated rings. The molecule has 1 atom stereocenters. The van der Waals surface area contributed by atoms with Gasteiger partial charge in [-0.25, -0.2) is 9.48 Å². The molecule has 0 aliphatic heterocycles. The van der Waals surface area contributed by atoms with Gasteiger partial charge in [0.15, 0.2) is 4.83 Å². The Kier molecular flexibility index (Phi) is 6.48. The summed E-state index contributed by atoms with van der Waals surface area (Å²) in [7, 11) is 0. The average Bonchev–Trinajstić information content (AvgIpc) is 3.43. The summed E-state index contributed by atoms with van der Waals surface area (Å²) in [6.07, 6.45) is 2.80. The summed E-state index contributed by atoms with van der Waals surface area (Å²) in [4.78, 5) is 41.3. The van der Waals surface area contributed by atoms with E-state index in [9.17, 15) is 14.4 Å². The van der Waals surface area contributed by atoms with Crippen LogP contribution >= 0.6 is 22.7 Å². The smallest absolute Gasteiger partial charge is 0.341 e. The predicted molar refractivity (Wildman–Crippen MR) is 137 cm³/mol. The summed E-state index contributed by atoms with van der Waals surface area (Å²) >= 11 is 2.80. The zero-order valence-electron chi connectivity index (χ0n) is 19.4. The highest BCUT2D eigenvalue weighted by atomic mass is 32.1. The fourth-order valence-electron chi connectivity index (χ4n) is 4.29. The molecular formula is C25H24N4O4S2. The van der Waals surface area contributed by atoms with Crippen LogP contribution in [0, 0.1) is 5.92 Å². The quantitative estimate of drug-likeness (QED) is 0.384. The van der Waals surface area contributed by atoms with E-state index in [1.807, 2.05) is 30.3 Å². The molecule has 3 aromatic heterocycles. The number of benzene rings is 1.